The molecule has 22 heavy (non-hydrogen) atoms. The Morgan fingerprint density at radius 3 is 2.77 bits per heavy atom. The van der Waals surface area contributed by atoms with Crippen LogP contribution in [0.4, 0.5) is 0 Å². The predicted octanol–water partition coefficient (Wildman–Crippen LogP) is 2.30. The molecule has 0 aliphatic carbocycles. The summed E-state index contributed by atoms with van der Waals surface area (Å²) in [6, 6.07) is 1.72. The first-order valence-corrected chi connectivity index (χ1v) is 7.40. The summed E-state index contributed by atoms with van der Waals surface area (Å²) < 4.78 is 5.03. The lowest BCUT2D eigenvalue weighted by Gasteiger charge is -2.33. The predicted molar refractivity (Wildman–Crippen MR) is 83.5 cm³/mol. The Balaban J connectivity index is 2.09. The van der Waals surface area contributed by atoms with Crippen LogP contribution in [0.25, 0.3) is 11.1 Å². The van der Waals surface area contributed by atoms with Crippen LogP contribution >= 0.6 is 0 Å². The van der Waals surface area contributed by atoms with Gasteiger partial charge in [-0.3, -0.25) is 4.79 Å². The zero-order valence-corrected chi connectivity index (χ0v) is 13.7. The summed E-state index contributed by atoms with van der Waals surface area (Å²) in [7, 11) is 0. The Hall–Kier alpha value is -1.95. The molecule has 2 rings (SSSR count). The van der Waals surface area contributed by atoms with Gasteiger partial charge in [-0.1, -0.05) is 32.9 Å². The second kappa shape index (κ2) is 6.04. The summed E-state index contributed by atoms with van der Waals surface area (Å²) in [5.41, 5.74) is 1.17. The number of carbonyl (C=O) groups is 1. The van der Waals surface area contributed by atoms with Crippen LogP contribution in [-0.4, -0.2) is 33.8 Å². The number of carbonyl (C=O) groups excluding carboxylic acids is 1. The lowest BCUT2D eigenvalue weighted by atomic mass is 9.80. The average Bonchev–Trinajstić information content (AvgIpc) is 2.85. The fourth-order valence-electron chi connectivity index (χ4n) is 2.49. The molecule has 0 fully saturated rings. The third-order valence-electron chi connectivity index (χ3n) is 3.91. The summed E-state index contributed by atoms with van der Waals surface area (Å²) in [5, 5.41) is 17.6. The van der Waals surface area contributed by atoms with Crippen molar-refractivity contribution in [3.05, 3.63) is 23.5 Å². The molecule has 6 nitrogen and oxygen atoms in total. The van der Waals surface area contributed by atoms with Gasteiger partial charge >= 0.3 is 0 Å². The van der Waals surface area contributed by atoms with Crippen LogP contribution in [0, 0.1) is 18.3 Å². The fourth-order valence-corrected chi connectivity index (χ4v) is 2.49. The van der Waals surface area contributed by atoms with E-state index in [9.17, 15) is 9.90 Å². The number of aromatic nitrogens is 2. The first-order valence-electron chi connectivity index (χ1n) is 7.40. The minimum atomic E-state index is -0.492. The standard InChI is InChI=1S/C16H23N3O3/c1-9(2)13(20)16(4,5)8-18-14(21)11-6-12-10(3)19-22-15(12)17-7-11/h6-7,9,13,20H,8H2,1-5H3,(H,18,21). The number of rotatable bonds is 5. The summed E-state index contributed by atoms with van der Waals surface area (Å²) in [5.74, 6) is -0.0939. The topological polar surface area (TPSA) is 88.2 Å². The highest BCUT2D eigenvalue weighted by Gasteiger charge is 2.30. The molecular formula is C16H23N3O3. The zero-order chi connectivity index (χ0) is 16.5. The van der Waals surface area contributed by atoms with E-state index in [2.05, 4.69) is 15.5 Å². The van der Waals surface area contributed by atoms with Crippen LogP contribution in [0.15, 0.2) is 16.8 Å². The Bertz CT molecular complexity index is 676. The molecule has 6 heteroatoms. The molecule has 120 valence electrons. The molecule has 0 radical (unpaired) electrons. The molecule has 0 bridgehead atoms. The number of aliphatic hydroxyl groups excluding tert-OH is 1. The van der Waals surface area contributed by atoms with E-state index in [0.29, 0.717) is 23.5 Å². The molecule has 0 aliphatic heterocycles. The maximum absolute atomic E-state index is 12.3. The van der Waals surface area contributed by atoms with Crippen molar-refractivity contribution < 1.29 is 14.4 Å². The number of hydrogen-bond donors (Lipinski definition) is 2. The number of fused-ring (bicyclic) bond motifs is 1. The van der Waals surface area contributed by atoms with Crippen molar-refractivity contribution in [1.29, 1.82) is 0 Å². The van der Waals surface area contributed by atoms with Crippen LogP contribution in [-0.2, 0) is 0 Å². The molecule has 0 aromatic carbocycles. The molecule has 0 spiro atoms. The van der Waals surface area contributed by atoms with E-state index in [4.69, 9.17) is 4.52 Å². The van der Waals surface area contributed by atoms with Crippen molar-refractivity contribution in [2.45, 2.75) is 40.7 Å². The Kier molecular flexibility index (Phi) is 4.51. The lowest BCUT2D eigenvalue weighted by molar-refractivity contribution is 0.0138. The first kappa shape index (κ1) is 16.4. The van der Waals surface area contributed by atoms with Gasteiger partial charge in [0.15, 0.2) is 0 Å². The van der Waals surface area contributed by atoms with Gasteiger partial charge < -0.3 is 14.9 Å². The molecule has 1 amide bonds. The highest BCUT2D eigenvalue weighted by atomic mass is 16.5. The van der Waals surface area contributed by atoms with E-state index < -0.39 is 11.5 Å². The Morgan fingerprint density at radius 1 is 1.45 bits per heavy atom. The summed E-state index contributed by atoms with van der Waals surface area (Å²) in [6.07, 6.45) is 0.975. The normalized spacial score (nSPS) is 13.6. The van der Waals surface area contributed by atoms with E-state index in [1.165, 1.54) is 6.20 Å². The molecule has 2 aromatic rings. The Labute approximate surface area is 129 Å². The molecule has 2 heterocycles. The minimum absolute atomic E-state index is 0.129. The van der Waals surface area contributed by atoms with Gasteiger partial charge in [-0.05, 0) is 18.9 Å². The number of hydrogen-bond acceptors (Lipinski definition) is 5. The second-order valence-electron chi connectivity index (χ2n) is 6.70. The van der Waals surface area contributed by atoms with E-state index >= 15 is 0 Å². The molecule has 1 unspecified atom stereocenters. The molecule has 1 atom stereocenters. The number of amides is 1. The smallest absolute Gasteiger partial charge is 0.257 e. The van der Waals surface area contributed by atoms with E-state index in [0.717, 1.165) is 5.39 Å². The van der Waals surface area contributed by atoms with E-state index in [1.807, 2.05) is 27.7 Å². The average molecular weight is 305 g/mol. The largest absolute Gasteiger partial charge is 0.392 e. The van der Waals surface area contributed by atoms with Crippen LogP contribution < -0.4 is 5.32 Å². The summed E-state index contributed by atoms with van der Waals surface area (Å²) in [4.78, 5) is 16.4. The third kappa shape index (κ3) is 3.27. The van der Waals surface area contributed by atoms with Crippen molar-refractivity contribution in [2.75, 3.05) is 6.54 Å². The molecule has 2 aromatic heterocycles. The van der Waals surface area contributed by atoms with Gasteiger partial charge in [0.1, 0.15) is 0 Å². The zero-order valence-electron chi connectivity index (χ0n) is 13.7. The van der Waals surface area contributed by atoms with Crippen LogP contribution in [0.1, 0.15) is 43.7 Å². The first-order chi connectivity index (χ1) is 10.2. The molecule has 2 N–H and O–H groups in total. The fraction of sp³-hybridized carbons (Fsp3) is 0.562. The van der Waals surface area contributed by atoms with Gasteiger partial charge in [0.2, 0.25) is 0 Å². The van der Waals surface area contributed by atoms with Crippen molar-refractivity contribution in [3.8, 4) is 0 Å². The van der Waals surface area contributed by atoms with Gasteiger partial charge in [0.25, 0.3) is 11.6 Å². The minimum Gasteiger partial charge on any atom is -0.392 e. The molecular weight excluding hydrogens is 282 g/mol. The van der Waals surface area contributed by atoms with E-state index in [-0.39, 0.29) is 11.8 Å². The van der Waals surface area contributed by atoms with Gasteiger partial charge in [0, 0.05) is 18.2 Å². The maximum Gasteiger partial charge on any atom is 0.257 e. The summed E-state index contributed by atoms with van der Waals surface area (Å²) >= 11 is 0. The van der Waals surface area contributed by atoms with Crippen molar-refractivity contribution in [2.24, 2.45) is 11.3 Å². The molecule has 0 saturated carbocycles. The third-order valence-corrected chi connectivity index (χ3v) is 3.91. The highest BCUT2D eigenvalue weighted by molar-refractivity contribution is 5.96. The van der Waals surface area contributed by atoms with Gasteiger partial charge in [0.05, 0.1) is 22.7 Å². The highest BCUT2D eigenvalue weighted by Crippen LogP contribution is 2.25. The van der Waals surface area contributed by atoms with Crippen molar-refractivity contribution in [3.63, 3.8) is 0 Å². The molecule has 0 saturated heterocycles. The van der Waals surface area contributed by atoms with Crippen LogP contribution in [0.5, 0.6) is 0 Å². The SMILES string of the molecule is Cc1noc2ncc(C(=O)NCC(C)(C)C(O)C(C)C)cc12. The number of aliphatic hydroxyl groups is 1. The number of nitrogens with one attached hydrogen (secondary N) is 1. The number of nitrogens with zero attached hydrogens (tertiary/aromatic N) is 2. The van der Waals surface area contributed by atoms with E-state index in [1.54, 1.807) is 13.0 Å². The van der Waals surface area contributed by atoms with Crippen molar-refractivity contribution in [1.82, 2.24) is 15.5 Å². The van der Waals surface area contributed by atoms with Gasteiger partial charge in [-0.2, -0.15) is 0 Å². The van der Waals surface area contributed by atoms with Gasteiger partial charge in [-0.15, -0.1) is 0 Å². The Morgan fingerprint density at radius 2 is 2.14 bits per heavy atom. The number of pyridine rings is 1. The van der Waals surface area contributed by atoms with Gasteiger partial charge in [-0.25, -0.2) is 4.98 Å². The lowest BCUT2D eigenvalue weighted by Crippen LogP contribution is -2.43. The second-order valence-corrected chi connectivity index (χ2v) is 6.70. The summed E-state index contributed by atoms with van der Waals surface area (Å²) in [6.45, 7) is 9.97. The van der Waals surface area contributed by atoms with Crippen LogP contribution in [0.2, 0.25) is 0 Å². The molecule has 0 aliphatic rings. The maximum atomic E-state index is 12.3. The van der Waals surface area contributed by atoms with Crippen LogP contribution in [0.3, 0.4) is 0 Å². The number of aryl methyl sites for hydroxylation is 1. The monoisotopic (exact) mass is 305 g/mol. The van der Waals surface area contributed by atoms with Crippen molar-refractivity contribution >= 4 is 17.0 Å². The quantitative estimate of drug-likeness (QED) is 0.885.